The van der Waals surface area contributed by atoms with Crippen molar-refractivity contribution in [3.63, 3.8) is 0 Å². The van der Waals surface area contributed by atoms with Gasteiger partial charge in [0.15, 0.2) is 11.5 Å². The number of nitrogens with zero attached hydrogens (tertiary/aromatic N) is 2. The molecular weight excluding hydrogens is 290 g/mol. The van der Waals surface area contributed by atoms with Crippen molar-refractivity contribution in [1.29, 1.82) is 0 Å². The Bertz CT molecular complexity index is 666. The zero-order valence-electron chi connectivity index (χ0n) is 14.1. The van der Waals surface area contributed by atoms with Crippen LogP contribution in [0.5, 0.6) is 11.5 Å². The van der Waals surface area contributed by atoms with E-state index in [9.17, 15) is 0 Å². The van der Waals surface area contributed by atoms with E-state index in [4.69, 9.17) is 9.47 Å². The van der Waals surface area contributed by atoms with Gasteiger partial charge in [0.25, 0.3) is 0 Å². The van der Waals surface area contributed by atoms with Crippen LogP contribution >= 0.6 is 0 Å². The Morgan fingerprint density at radius 3 is 2.91 bits per heavy atom. The van der Waals surface area contributed by atoms with E-state index >= 15 is 0 Å². The maximum atomic E-state index is 5.52. The maximum Gasteiger partial charge on any atom is 0.165 e. The first-order valence-corrected chi connectivity index (χ1v) is 8.26. The van der Waals surface area contributed by atoms with Gasteiger partial charge in [0.05, 0.1) is 20.4 Å². The first-order chi connectivity index (χ1) is 11.3. The van der Waals surface area contributed by atoms with E-state index in [1.807, 2.05) is 18.3 Å². The van der Waals surface area contributed by atoms with Crippen LogP contribution in [0.2, 0.25) is 0 Å². The van der Waals surface area contributed by atoms with Crippen molar-refractivity contribution in [1.82, 2.24) is 15.1 Å². The van der Waals surface area contributed by atoms with E-state index in [2.05, 4.69) is 28.1 Å². The summed E-state index contributed by atoms with van der Waals surface area (Å²) in [5.74, 6) is 1.58. The van der Waals surface area contributed by atoms with Crippen molar-refractivity contribution in [3.8, 4) is 11.5 Å². The van der Waals surface area contributed by atoms with E-state index in [-0.39, 0.29) is 0 Å². The molecule has 0 unspecified atom stereocenters. The molecule has 23 heavy (non-hydrogen) atoms. The molecular formula is C18H25N3O2. The van der Waals surface area contributed by atoms with Gasteiger partial charge >= 0.3 is 0 Å². The highest BCUT2D eigenvalue weighted by Gasteiger charge is 2.24. The number of para-hydroxylation sites is 1. The summed E-state index contributed by atoms with van der Waals surface area (Å²) in [5.41, 5.74) is 3.84. The minimum absolute atomic E-state index is 0.356. The number of aromatic nitrogens is 2. The summed E-state index contributed by atoms with van der Waals surface area (Å²) in [6.07, 6.45) is 5.50. The van der Waals surface area contributed by atoms with Crippen LogP contribution in [0, 0.1) is 0 Å². The summed E-state index contributed by atoms with van der Waals surface area (Å²) in [4.78, 5) is 0. The van der Waals surface area contributed by atoms with E-state index in [0.29, 0.717) is 6.04 Å². The monoisotopic (exact) mass is 315 g/mol. The Kier molecular flexibility index (Phi) is 4.86. The summed E-state index contributed by atoms with van der Waals surface area (Å²) in [6.45, 7) is 3.83. The highest BCUT2D eigenvalue weighted by atomic mass is 16.5. The van der Waals surface area contributed by atoms with Crippen molar-refractivity contribution >= 4 is 0 Å². The smallest absolute Gasteiger partial charge is 0.165 e. The molecule has 1 aromatic carbocycles. The first kappa shape index (κ1) is 15.9. The molecule has 0 aliphatic heterocycles. The van der Waals surface area contributed by atoms with Gasteiger partial charge in [-0.25, -0.2) is 0 Å². The van der Waals surface area contributed by atoms with Gasteiger partial charge in [-0.15, -0.1) is 0 Å². The topological polar surface area (TPSA) is 48.3 Å². The normalized spacial score (nSPS) is 16.9. The van der Waals surface area contributed by atoms with Crippen LogP contribution < -0.4 is 14.8 Å². The van der Waals surface area contributed by atoms with Crippen LogP contribution in [0.1, 0.15) is 42.6 Å². The van der Waals surface area contributed by atoms with Gasteiger partial charge in [-0.1, -0.05) is 12.1 Å². The minimum Gasteiger partial charge on any atom is -0.493 e. The lowest BCUT2D eigenvalue weighted by Crippen LogP contribution is -2.25. The second kappa shape index (κ2) is 7.04. The molecule has 1 aliphatic carbocycles. The second-order valence-electron chi connectivity index (χ2n) is 5.84. The van der Waals surface area contributed by atoms with Crippen molar-refractivity contribution in [2.75, 3.05) is 14.2 Å². The lowest BCUT2D eigenvalue weighted by molar-refractivity contribution is 0.348. The third kappa shape index (κ3) is 3.06. The first-order valence-electron chi connectivity index (χ1n) is 8.26. The molecule has 1 heterocycles. The predicted molar refractivity (Wildman–Crippen MR) is 90.0 cm³/mol. The Morgan fingerprint density at radius 2 is 2.17 bits per heavy atom. The highest BCUT2D eigenvalue weighted by molar-refractivity contribution is 5.46. The zero-order valence-corrected chi connectivity index (χ0v) is 14.1. The standard InChI is InChI=1S/C18H25N3O2/c1-4-21-16-9-6-8-15(14(16)12-20-21)19-11-13-7-5-10-17(22-2)18(13)23-3/h5,7,10,12,15,19H,4,6,8-9,11H2,1-3H3/t15-/m1/s1. The maximum absolute atomic E-state index is 5.52. The van der Waals surface area contributed by atoms with E-state index in [0.717, 1.165) is 43.0 Å². The van der Waals surface area contributed by atoms with Gasteiger partial charge in [0.1, 0.15) is 0 Å². The fourth-order valence-electron chi connectivity index (χ4n) is 3.43. The number of fused-ring (bicyclic) bond motifs is 1. The van der Waals surface area contributed by atoms with Crippen molar-refractivity contribution in [2.45, 2.75) is 45.3 Å². The minimum atomic E-state index is 0.356. The molecule has 1 N–H and O–H groups in total. The van der Waals surface area contributed by atoms with E-state index < -0.39 is 0 Å². The third-order valence-corrected chi connectivity index (χ3v) is 4.59. The summed E-state index contributed by atoms with van der Waals surface area (Å²) in [5, 5.41) is 8.18. The van der Waals surface area contributed by atoms with Crippen molar-refractivity contribution in [3.05, 3.63) is 41.2 Å². The number of methoxy groups -OCH3 is 2. The average Bonchev–Trinajstić information content (AvgIpc) is 3.03. The SMILES string of the molecule is CCn1ncc2c1CCC[C@H]2NCc1cccc(OC)c1OC. The Balaban J connectivity index is 1.76. The third-order valence-electron chi connectivity index (χ3n) is 4.59. The molecule has 1 atom stereocenters. The summed E-state index contributed by atoms with van der Waals surface area (Å²) in [6, 6.07) is 6.36. The number of hydrogen-bond acceptors (Lipinski definition) is 4. The predicted octanol–water partition coefficient (Wildman–Crippen LogP) is 3.09. The van der Waals surface area contributed by atoms with E-state index in [1.165, 1.54) is 17.7 Å². The molecule has 124 valence electrons. The molecule has 0 spiro atoms. The van der Waals surface area contributed by atoms with Crippen LogP contribution in [0.4, 0.5) is 0 Å². The van der Waals surface area contributed by atoms with Crippen molar-refractivity contribution < 1.29 is 9.47 Å². The molecule has 1 aliphatic rings. The molecule has 0 saturated heterocycles. The average molecular weight is 315 g/mol. The molecule has 0 saturated carbocycles. The molecule has 5 nitrogen and oxygen atoms in total. The van der Waals surface area contributed by atoms with Crippen LogP contribution in [0.3, 0.4) is 0 Å². The number of ether oxygens (including phenoxy) is 2. The van der Waals surface area contributed by atoms with Crippen LogP contribution in [-0.4, -0.2) is 24.0 Å². The molecule has 0 bridgehead atoms. The number of aryl methyl sites for hydroxylation is 1. The fourth-order valence-corrected chi connectivity index (χ4v) is 3.43. The quantitative estimate of drug-likeness (QED) is 0.890. The van der Waals surface area contributed by atoms with Gasteiger partial charge in [0, 0.05) is 36.0 Å². The number of hydrogen-bond donors (Lipinski definition) is 1. The van der Waals surface area contributed by atoms with Gasteiger partial charge in [0.2, 0.25) is 0 Å². The molecule has 2 aromatic rings. The molecule has 0 amide bonds. The van der Waals surface area contributed by atoms with Gasteiger partial charge < -0.3 is 14.8 Å². The molecule has 0 fully saturated rings. The van der Waals surface area contributed by atoms with Crippen LogP contribution in [0.25, 0.3) is 0 Å². The molecule has 5 heteroatoms. The number of benzene rings is 1. The lowest BCUT2D eigenvalue weighted by Gasteiger charge is -2.25. The summed E-state index contributed by atoms with van der Waals surface area (Å²) >= 11 is 0. The van der Waals surface area contributed by atoms with Crippen LogP contribution in [0.15, 0.2) is 24.4 Å². The summed E-state index contributed by atoms with van der Waals surface area (Å²) in [7, 11) is 3.35. The van der Waals surface area contributed by atoms with Gasteiger partial charge in [-0.05, 0) is 32.3 Å². The number of rotatable bonds is 6. The van der Waals surface area contributed by atoms with Gasteiger partial charge in [-0.3, -0.25) is 4.68 Å². The Hall–Kier alpha value is -2.01. The van der Waals surface area contributed by atoms with Gasteiger partial charge in [-0.2, -0.15) is 5.10 Å². The molecule has 0 radical (unpaired) electrons. The van der Waals surface area contributed by atoms with Crippen molar-refractivity contribution in [2.24, 2.45) is 0 Å². The second-order valence-corrected chi connectivity index (χ2v) is 5.84. The zero-order chi connectivity index (χ0) is 16.2. The Morgan fingerprint density at radius 1 is 1.30 bits per heavy atom. The number of nitrogens with one attached hydrogen (secondary N) is 1. The molecule has 1 aromatic heterocycles. The lowest BCUT2D eigenvalue weighted by atomic mass is 9.92. The Labute approximate surface area is 137 Å². The summed E-state index contributed by atoms with van der Waals surface area (Å²) < 4.78 is 13.0. The molecule has 3 rings (SSSR count). The van der Waals surface area contributed by atoms with E-state index in [1.54, 1.807) is 14.2 Å². The highest BCUT2D eigenvalue weighted by Crippen LogP contribution is 2.33. The van der Waals surface area contributed by atoms with Crippen LogP contribution in [-0.2, 0) is 19.5 Å². The largest absolute Gasteiger partial charge is 0.493 e. The fraction of sp³-hybridized carbons (Fsp3) is 0.500.